The normalized spacial score (nSPS) is 28.3. The maximum Gasteiger partial charge on any atom is 0.0892 e. The minimum atomic E-state index is -0.218. The van der Waals surface area contributed by atoms with Gasteiger partial charge in [-0.1, -0.05) is 0 Å². The van der Waals surface area contributed by atoms with Gasteiger partial charge in [0.15, 0.2) is 0 Å². The molecule has 2 heterocycles. The van der Waals surface area contributed by atoms with Crippen LogP contribution >= 0.6 is 54.8 Å². The van der Waals surface area contributed by atoms with E-state index in [2.05, 4.69) is 44.8 Å². The highest BCUT2D eigenvalue weighted by Crippen LogP contribution is 2.47. The molecule has 0 N–H and O–H groups in total. The fourth-order valence-corrected chi connectivity index (χ4v) is 5.30. The fourth-order valence-electron chi connectivity index (χ4n) is 1.86. The molecule has 0 bridgehead atoms. The predicted octanol–water partition coefficient (Wildman–Crippen LogP) is 5.12. The smallest absolute Gasteiger partial charge is 0.0892 e. The monoisotopic (exact) mass is 372 g/mol. The van der Waals surface area contributed by atoms with Crippen molar-refractivity contribution in [2.75, 3.05) is 6.61 Å². The summed E-state index contributed by atoms with van der Waals surface area (Å²) in [7, 11) is 0. The van der Waals surface area contributed by atoms with E-state index in [1.54, 1.807) is 11.3 Å². The summed E-state index contributed by atoms with van der Waals surface area (Å²) in [4.78, 5) is 0. The van der Waals surface area contributed by atoms with Gasteiger partial charge in [0.25, 0.3) is 0 Å². The number of hydrogen-bond acceptors (Lipinski definition) is 2. The minimum Gasteiger partial charge on any atom is -0.373 e. The zero-order valence-corrected chi connectivity index (χ0v) is 13.0. The first-order valence-corrected chi connectivity index (χ1v) is 7.59. The highest BCUT2D eigenvalue weighted by Gasteiger charge is 2.39. The molecule has 0 aliphatic carbocycles. The molecular formula is C10H11Br2ClOS. The molecule has 15 heavy (non-hydrogen) atoms. The second kappa shape index (κ2) is 4.65. The van der Waals surface area contributed by atoms with Crippen molar-refractivity contribution in [2.45, 2.75) is 30.7 Å². The van der Waals surface area contributed by atoms with E-state index in [4.69, 9.17) is 16.3 Å². The second-order valence-corrected chi connectivity index (χ2v) is 8.09. The van der Waals surface area contributed by atoms with Crippen LogP contribution in [0, 0.1) is 0 Å². The summed E-state index contributed by atoms with van der Waals surface area (Å²) in [5.74, 6) is 0. The first kappa shape index (κ1) is 12.4. The van der Waals surface area contributed by atoms with Crippen LogP contribution in [-0.4, -0.2) is 12.2 Å². The standard InChI is InChI=1S/C10H11Br2ClOS/c1-10(3-2-4-14-10)8(13)6-5-7(11)15-9(6)12/h5,8H,2-4H2,1H3. The second-order valence-electron chi connectivity index (χ2n) is 3.91. The molecule has 2 unspecified atom stereocenters. The van der Waals surface area contributed by atoms with Crippen LogP contribution in [-0.2, 0) is 4.74 Å². The van der Waals surface area contributed by atoms with Gasteiger partial charge in [-0.3, -0.25) is 0 Å². The molecule has 1 saturated heterocycles. The molecule has 1 aliphatic rings. The zero-order valence-electron chi connectivity index (χ0n) is 8.23. The molecule has 2 atom stereocenters. The maximum absolute atomic E-state index is 6.50. The molecule has 0 radical (unpaired) electrons. The lowest BCUT2D eigenvalue weighted by molar-refractivity contribution is 0.0164. The van der Waals surface area contributed by atoms with Gasteiger partial charge in [-0.15, -0.1) is 22.9 Å². The number of halogens is 3. The quantitative estimate of drug-likeness (QED) is 0.653. The van der Waals surface area contributed by atoms with Crippen molar-refractivity contribution in [2.24, 2.45) is 0 Å². The van der Waals surface area contributed by atoms with Crippen LogP contribution in [0.1, 0.15) is 30.7 Å². The summed E-state index contributed by atoms with van der Waals surface area (Å²) in [6.07, 6.45) is 2.13. The summed E-state index contributed by atoms with van der Waals surface area (Å²) in [5.41, 5.74) is 0.905. The van der Waals surface area contributed by atoms with Crippen molar-refractivity contribution in [3.8, 4) is 0 Å². The molecular weight excluding hydrogens is 363 g/mol. The van der Waals surface area contributed by atoms with Crippen molar-refractivity contribution >= 4 is 54.8 Å². The van der Waals surface area contributed by atoms with E-state index in [1.807, 2.05) is 0 Å². The SMILES string of the molecule is CC1(C(Cl)c2cc(Br)sc2Br)CCCO1. The Morgan fingerprint density at radius 2 is 2.33 bits per heavy atom. The fraction of sp³-hybridized carbons (Fsp3) is 0.600. The third-order valence-electron chi connectivity index (χ3n) is 2.74. The van der Waals surface area contributed by atoms with Crippen molar-refractivity contribution < 1.29 is 4.74 Å². The van der Waals surface area contributed by atoms with E-state index in [1.165, 1.54) is 0 Å². The molecule has 1 aromatic heterocycles. The summed E-state index contributed by atoms with van der Waals surface area (Å²) in [6, 6.07) is 2.07. The maximum atomic E-state index is 6.50. The van der Waals surface area contributed by atoms with Crippen LogP contribution in [0.25, 0.3) is 0 Å². The third kappa shape index (κ3) is 2.44. The molecule has 5 heteroatoms. The molecule has 0 aromatic carbocycles. The molecule has 84 valence electrons. The lowest BCUT2D eigenvalue weighted by atomic mass is 9.94. The van der Waals surface area contributed by atoms with Crippen LogP contribution in [0.4, 0.5) is 0 Å². The highest BCUT2D eigenvalue weighted by atomic mass is 79.9. The summed E-state index contributed by atoms with van der Waals surface area (Å²) in [6.45, 7) is 2.92. The van der Waals surface area contributed by atoms with Gasteiger partial charge in [-0.25, -0.2) is 0 Å². The summed E-state index contributed by atoms with van der Waals surface area (Å²) >= 11 is 15.2. The first-order chi connectivity index (χ1) is 7.03. The highest BCUT2D eigenvalue weighted by molar-refractivity contribution is 9.12. The first-order valence-electron chi connectivity index (χ1n) is 4.76. The lowest BCUT2D eigenvalue weighted by Gasteiger charge is -2.28. The largest absolute Gasteiger partial charge is 0.373 e. The van der Waals surface area contributed by atoms with Crippen molar-refractivity contribution in [3.63, 3.8) is 0 Å². The number of hydrogen-bond donors (Lipinski definition) is 0. The average Bonchev–Trinajstić information content (AvgIpc) is 2.73. The summed E-state index contributed by atoms with van der Waals surface area (Å²) < 4.78 is 7.94. The Hall–Kier alpha value is 0.910. The van der Waals surface area contributed by atoms with E-state index >= 15 is 0 Å². The Morgan fingerprint density at radius 1 is 1.60 bits per heavy atom. The lowest BCUT2D eigenvalue weighted by Crippen LogP contribution is -2.28. The Kier molecular flexibility index (Phi) is 3.83. The van der Waals surface area contributed by atoms with Gasteiger partial charge >= 0.3 is 0 Å². The summed E-state index contributed by atoms with van der Waals surface area (Å²) in [5, 5.41) is -0.0862. The van der Waals surface area contributed by atoms with E-state index in [0.717, 1.165) is 32.6 Å². The van der Waals surface area contributed by atoms with E-state index < -0.39 is 0 Å². The van der Waals surface area contributed by atoms with Gasteiger partial charge in [0.05, 0.1) is 18.6 Å². The molecule has 1 aromatic rings. The van der Waals surface area contributed by atoms with Gasteiger partial charge in [0.1, 0.15) is 0 Å². The van der Waals surface area contributed by atoms with Gasteiger partial charge in [0, 0.05) is 6.61 Å². The van der Waals surface area contributed by atoms with E-state index in [0.29, 0.717) is 0 Å². The van der Waals surface area contributed by atoms with Crippen molar-refractivity contribution in [1.82, 2.24) is 0 Å². The van der Waals surface area contributed by atoms with Gasteiger partial charge in [-0.05, 0) is 63.3 Å². The van der Waals surface area contributed by atoms with Crippen LogP contribution in [0.3, 0.4) is 0 Å². The van der Waals surface area contributed by atoms with E-state index in [9.17, 15) is 0 Å². The number of rotatable bonds is 2. The minimum absolute atomic E-state index is 0.0862. The Balaban J connectivity index is 2.27. The van der Waals surface area contributed by atoms with Crippen LogP contribution in [0.5, 0.6) is 0 Å². The molecule has 0 amide bonds. The van der Waals surface area contributed by atoms with E-state index in [-0.39, 0.29) is 11.0 Å². The van der Waals surface area contributed by atoms with Gasteiger partial charge in [0.2, 0.25) is 0 Å². The number of alkyl halides is 1. The van der Waals surface area contributed by atoms with Crippen molar-refractivity contribution in [1.29, 1.82) is 0 Å². The molecule has 0 spiro atoms. The Labute approximate surface area is 115 Å². The molecule has 0 saturated carbocycles. The average molecular weight is 375 g/mol. The van der Waals surface area contributed by atoms with Crippen LogP contribution < -0.4 is 0 Å². The number of ether oxygens (including phenoxy) is 1. The zero-order chi connectivity index (χ0) is 11.1. The molecule has 2 rings (SSSR count). The van der Waals surface area contributed by atoms with Crippen molar-refractivity contribution in [3.05, 3.63) is 19.2 Å². The molecule has 1 fully saturated rings. The van der Waals surface area contributed by atoms with Gasteiger partial charge in [-0.2, -0.15) is 0 Å². The Morgan fingerprint density at radius 3 is 2.80 bits per heavy atom. The number of thiophene rings is 1. The van der Waals surface area contributed by atoms with Crippen LogP contribution in [0.15, 0.2) is 13.6 Å². The Bertz CT molecular complexity index is 360. The molecule has 1 nitrogen and oxygen atoms in total. The van der Waals surface area contributed by atoms with Crippen LogP contribution in [0.2, 0.25) is 0 Å². The predicted molar refractivity (Wildman–Crippen MR) is 71.9 cm³/mol. The topological polar surface area (TPSA) is 9.23 Å². The molecule has 1 aliphatic heterocycles. The van der Waals surface area contributed by atoms with Gasteiger partial charge < -0.3 is 4.74 Å². The third-order valence-corrected chi connectivity index (χ3v) is 5.82.